The molecule has 0 unspecified atom stereocenters. The fourth-order valence-corrected chi connectivity index (χ4v) is 4.87. The van der Waals surface area contributed by atoms with E-state index in [1.807, 2.05) is 74.5 Å². The molecular weight excluding hydrogens is 500 g/mol. The van der Waals surface area contributed by atoms with Crippen molar-refractivity contribution in [3.05, 3.63) is 92.3 Å². The number of aliphatic imine (C=N–C) groups is 1. The molecule has 5 nitrogen and oxygen atoms in total. The molecule has 0 saturated carbocycles. The molecule has 1 heterocycles. The Kier molecular flexibility index (Phi) is 7.20. The summed E-state index contributed by atoms with van der Waals surface area (Å²) in [6, 6.07) is 19.8. The summed E-state index contributed by atoms with van der Waals surface area (Å²) < 4.78 is 12.3. The fourth-order valence-electron chi connectivity index (χ4n) is 3.46. The van der Waals surface area contributed by atoms with Crippen LogP contribution in [0, 0.1) is 13.8 Å². The zero-order valence-electron chi connectivity index (χ0n) is 18.5. The predicted octanol–water partition coefficient (Wildman–Crippen LogP) is 6.55. The summed E-state index contributed by atoms with van der Waals surface area (Å²) in [5, 5.41) is 3.40. The summed E-state index contributed by atoms with van der Waals surface area (Å²) in [6.45, 7) is 4.48. The molecular formula is C26H23BrN2O3S. The Balaban J connectivity index is 1.55. The lowest BCUT2D eigenvalue weighted by molar-refractivity contribution is -0.115. The number of carbonyl (C=O) groups is 1. The highest BCUT2D eigenvalue weighted by molar-refractivity contribution is 9.10. The zero-order chi connectivity index (χ0) is 23.4. The largest absolute Gasteiger partial charge is 0.493 e. The molecule has 1 N–H and O–H groups in total. The number of benzene rings is 3. The van der Waals surface area contributed by atoms with Crippen molar-refractivity contribution in [3.63, 3.8) is 0 Å². The van der Waals surface area contributed by atoms with E-state index in [1.165, 1.54) is 11.8 Å². The first-order valence-corrected chi connectivity index (χ1v) is 11.9. The van der Waals surface area contributed by atoms with Crippen LogP contribution in [0.25, 0.3) is 6.08 Å². The number of rotatable bonds is 6. The first-order chi connectivity index (χ1) is 15.9. The number of thioether (sulfide) groups is 1. The van der Waals surface area contributed by atoms with Crippen molar-refractivity contribution in [2.75, 3.05) is 7.11 Å². The van der Waals surface area contributed by atoms with E-state index in [1.54, 1.807) is 7.11 Å². The van der Waals surface area contributed by atoms with Gasteiger partial charge in [0, 0.05) is 0 Å². The molecule has 1 fully saturated rings. The van der Waals surface area contributed by atoms with E-state index in [0.29, 0.717) is 28.2 Å². The highest BCUT2D eigenvalue weighted by Gasteiger charge is 2.24. The average molecular weight is 523 g/mol. The second kappa shape index (κ2) is 10.3. The molecule has 3 aromatic carbocycles. The van der Waals surface area contributed by atoms with Crippen LogP contribution in [0.2, 0.25) is 0 Å². The maximum Gasteiger partial charge on any atom is 0.264 e. The second-order valence-corrected chi connectivity index (χ2v) is 9.52. The van der Waals surface area contributed by atoms with Crippen molar-refractivity contribution in [2.45, 2.75) is 20.5 Å². The van der Waals surface area contributed by atoms with E-state index in [4.69, 9.17) is 9.47 Å². The van der Waals surface area contributed by atoms with Crippen LogP contribution in [0.15, 0.2) is 75.0 Å². The van der Waals surface area contributed by atoms with Gasteiger partial charge in [0.05, 0.1) is 22.2 Å². The van der Waals surface area contributed by atoms with Crippen molar-refractivity contribution in [3.8, 4) is 11.5 Å². The summed E-state index contributed by atoms with van der Waals surface area (Å²) in [7, 11) is 1.60. The van der Waals surface area contributed by atoms with Gasteiger partial charge in [-0.05, 0) is 94.1 Å². The van der Waals surface area contributed by atoms with Gasteiger partial charge in [0.2, 0.25) is 0 Å². The van der Waals surface area contributed by atoms with Crippen LogP contribution in [0.3, 0.4) is 0 Å². The van der Waals surface area contributed by atoms with Gasteiger partial charge in [-0.15, -0.1) is 0 Å². The molecule has 168 valence electrons. The van der Waals surface area contributed by atoms with Gasteiger partial charge in [0.25, 0.3) is 5.91 Å². The maximum atomic E-state index is 12.5. The molecule has 0 aliphatic carbocycles. The standard InChI is InChI=1S/C26H23BrN2O3S/c1-16-9-17(2)11-20(10-16)28-26-29-25(30)23(33-26)14-19-12-21(27)24(22(13-19)31-3)32-15-18-7-5-4-6-8-18/h4-14H,15H2,1-3H3,(H,28,29,30). The Morgan fingerprint density at radius 1 is 1.06 bits per heavy atom. The number of amides is 1. The molecule has 0 aromatic heterocycles. The highest BCUT2D eigenvalue weighted by atomic mass is 79.9. The molecule has 1 saturated heterocycles. The van der Waals surface area contributed by atoms with E-state index < -0.39 is 0 Å². The van der Waals surface area contributed by atoms with Gasteiger partial charge < -0.3 is 14.8 Å². The Morgan fingerprint density at radius 3 is 2.48 bits per heavy atom. The zero-order valence-corrected chi connectivity index (χ0v) is 20.9. The van der Waals surface area contributed by atoms with Gasteiger partial charge in [-0.1, -0.05) is 36.4 Å². The molecule has 0 radical (unpaired) electrons. The van der Waals surface area contributed by atoms with Crippen LogP contribution in [-0.4, -0.2) is 18.2 Å². The number of aryl methyl sites for hydroxylation is 2. The lowest BCUT2D eigenvalue weighted by atomic mass is 10.1. The summed E-state index contributed by atoms with van der Waals surface area (Å²) >= 11 is 4.90. The van der Waals surface area contributed by atoms with Crippen molar-refractivity contribution in [1.82, 2.24) is 5.32 Å². The third kappa shape index (κ3) is 5.86. The number of carbonyl (C=O) groups excluding carboxylic acids is 1. The third-order valence-electron chi connectivity index (χ3n) is 4.86. The van der Waals surface area contributed by atoms with E-state index in [2.05, 4.69) is 32.3 Å². The average Bonchev–Trinajstić information content (AvgIpc) is 3.11. The minimum atomic E-state index is -0.178. The predicted molar refractivity (Wildman–Crippen MR) is 138 cm³/mol. The first kappa shape index (κ1) is 23.1. The van der Waals surface area contributed by atoms with Gasteiger partial charge in [-0.2, -0.15) is 0 Å². The number of amidine groups is 1. The number of hydrogen-bond acceptors (Lipinski definition) is 5. The van der Waals surface area contributed by atoms with Crippen LogP contribution < -0.4 is 14.8 Å². The lowest BCUT2D eigenvalue weighted by Crippen LogP contribution is -2.19. The van der Waals surface area contributed by atoms with Crippen LogP contribution in [0.4, 0.5) is 5.69 Å². The Bertz CT molecular complexity index is 1240. The number of ether oxygens (including phenoxy) is 2. The fraction of sp³-hybridized carbons (Fsp3) is 0.154. The summed E-state index contributed by atoms with van der Waals surface area (Å²) in [5.74, 6) is 1.02. The highest BCUT2D eigenvalue weighted by Crippen LogP contribution is 2.39. The van der Waals surface area contributed by atoms with E-state index in [-0.39, 0.29) is 5.91 Å². The normalized spacial score (nSPS) is 15.7. The quantitative estimate of drug-likeness (QED) is 0.373. The molecule has 3 aromatic rings. The molecule has 7 heteroatoms. The van der Waals surface area contributed by atoms with Crippen molar-refractivity contribution in [1.29, 1.82) is 0 Å². The summed E-state index contributed by atoms with van der Waals surface area (Å²) in [5.41, 5.74) is 4.96. The van der Waals surface area contributed by atoms with Crippen molar-refractivity contribution in [2.24, 2.45) is 4.99 Å². The van der Waals surface area contributed by atoms with Gasteiger partial charge >= 0.3 is 0 Å². The Morgan fingerprint density at radius 2 is 1.79 bits per heavy atom. The van der Waals surface area contributed by atoms with Crippen LogP contribution in [0.1, 0.15) is 22.3 Å². The molecule has 0 atom stereocenters. The molecule has 4 rings (SSSR count). The molecule has 1 aliphatic rings. The smallest absolute Gasteiger partial charge is 0.264 e. The minimum Gasteiger partial charge on any atom is -0.493 e. The molecule has 0 spiro atoms. The molecule has 33 heavy (non-hydrogen) atoms. The SMILES string of the molecule is COc1cc(C=C2SC(=Nc3cc(C)cc(C)c3)NC2=O)cc(Br)c1OCc1ccccc1. The number of hydrogen-bond donors (Lipinski definition) is 1. The van der Waals surface area contributed by atoms with Crippen LogP contribution >= 0.6 is 27.7 Å². The van der Waals surface area contributed by atoms with Gasteiger partial charge in [-0.25, -0.2) is 4.99 Å². The van der Waals surface area contributed by atoms with E-state index in [0.717, 1.165) is 32.4 Å². The summed E-state index contributed by atoms with van der Waals surface area (Å²) in [6.07, 6.45) is 1.82. The van der Waals surface area contributed by atoms with Gasteiger partial charge in [0.1, 0.15) is 6.61 Å². The molecule has 0 bridgehead atoms. The van der Waals surface area contributed by atoms with Gasteiger partial charge in [-0.3, -0.25) is 4.79 Å². The number of methoxy groups -OCH3 is 1. The Labute approximate surface area is 206 Å². The maximum absolute atomic E-state index is 12.5. The van der Waals surface area contributed by atoms with E-state index >= 15 is 0 Å². The van der Waals surface area contributed by atoms with Crippen molar-refractivity contribution < 1.29 is 14.3 Å². The monoisotopic (exact) mass is 522 g/mol. The van der Waals surface area contributed by atoms with Crippen LogP contribution in [0.5, 0.6) is 11.5 Å². The molecule has 1 amide bonds. The second-order valence-electron chi connectivity index (χ2n) is 7.64. The number of nitrogens with zero attached hydrogens (tertiary/aromatic N) is 1. The minimum absolute atomic E-state index is 0.178. The van der Waals surface area contributed by atoms with E-state index in [9.17, 15) is 4.79 Å². The Hall–Kier alpha value is -3.03. The first-order valence-electron chi connectivity index (χ1n) is 10.3. The lowest BCUT2D eigenvalue weighted by Gasteiger charge is -2.13. The van der Waals surface area contributed by atoms with Gasteiger partial charge in [0.15, 0.2) is 16.7 Å². The summed E-state index contributed by atoms with van der Waals surface area (Å²) in [4.78, 5) is 17.7. The topological polar surface area (TPSA) is 59.9 Å². The van der Waals surface area contributed by atoms with Crippen molar-refractivity contribution >= 4 is 50.5 Å². The molecule has 1 aliphatic heterocycles. The number of nitrogens with one attached hydrogen (secondary N) is 1. The number of halogens is 1. The third-order valence-corrected chi connectivity index (χ3v) is 6.36. The van der Waals surface area contributed by atoms with Crippen LogP contribution in [-0.2, 0) is 11.4 Å².